The highest BCUT2D eigenvalue weighted by molar-refractivity contribution is 7.22. The minimum Gasteiger partial charge on any atom is -0.299 e. The van der Waals surface area contributed by atoms with Crippen molar-refractivity contribution in [2.75, 3.05) is 5.32 Å². The van der Waals surface area contributed by atoms with E-state index in [4.69, 9.17) is 11.6 Å². The maximum atomic E-state index is 12.7. The van der Waals surface area contributed by atoms with Gasteiger partial charge >= 0.3 is 0 Å². The van der Waals surface area contributed by atoms with Crippen LogP contribution in [-0.4, -0.2) is 20.4 Å². The summed E-state index contributed by atoms with van der Waals surface area (Å²) in [4.78, 5) is 21.6. The highest BCUT2D eigenvalue weighted by Crippen LogP contribution is 2.29. The second kappa shape index (κ2) is 6.74. The fourth-order valence-corrected chi connectivity index (χ4v) is 4.21. The third-order valence-corrected chi connectivity index (χ3v) is 5.58. The molecule has 5 aromatic rings. The second-order valence-corrected chi connectivity index (χ2v) is 7.71. The van der Waals surface area contributed by atoms with E-state index in [1.165, 1.54) is 11.3 Å². The molecule has 0 atom stereocenters. The molecule has 0 aliphatic rings. The highest BCUT2D eigenvalue weighted by Gasteiger charge is 2.13. The van der Waals surface area contributed by atoms with Crippen molar-refractivity contribution in [2.45, 2.75) is 0 Å². The standard InChI is InChI=1S/C21H13ClN4OS/c22-14-7-8-16-19(11-14)28-21(24-16)25-20(27)13-6-9-18-17(10-13)23-12-26(18)15-4-2-1-3-5-15/h1-12H,(H,24,25,27). The van der Waals surface area contributed by atoms with Crippen molar-refractivity contribution >= 4 is 55.2 Å². The van der Waals surface area contributed by atoms with Gasteiger partial charge in [0.1, 0.15) is 6.33 Å². The van der Waals surface area contributed by atoms with Crippen LogP contribution in [0.5, 0.6) is 0 Å². The van der Waals surface area contributed by atoms with E-state index in [0.29, 0.717) is 15.7 Å². The van der Waals surface area contributed by atoms with Gasteiger partial charge < -0.3 is 0 Å². The van der Waals surface area contributed by atoms with Gasteiger partial charge in [0, 0.05) is 16.3 Å². The van der Waals surface area contributed by atoms with E-state index in [1.807, 2.05) is 53.1 Å². The number of hydrogen-bond acceptors (Lipinski definition) is 4. The molecule has 2 aromatic heterocycles. The third kappa shape index (κ3) is 3.02. The molecular formula is C21H13ClN4OS. The van der Waals surface area contributed by atoms with Crippen molar-refractivity contribution in [3.8, 4) is 5.69 Å². The molecule has 0 aliphatic heterocycles. The number of fused-ring (bicyclic) bond motifs is 2. The number of carbonyl (C=O) groups excluding carboxylic acids is 1. The summed E-state index contributed by atoms with van der Waals surface area (Å²) in [6.07, 6.45) is 1.76. The smallest absolute Gasteiger partial charge is 0.257 e. The first-order valence-corrected chi connectivity index (χ1v) is 9.77. The Morgan fingerprint density at radius 2 is 1.86 bits per heavy atom. The zero-order chi connectivity index (χ0) is 19.1. The van der Waals surface area contributed by atoms with Gasteiger partial charge in [-0.2, -0.15) is 0 Å². The Balaban J connectivity index is 1.44. The molecule has 0 aliphatic carbocycles. The molecule has 0 bridgehead atoms. The Morgan fingerprint density at radius 3 is 2.71 bits per heavy atom. The predicted octanol–water partition coefficient (Wildman–Crippen LogP) is 5.54. The van der Waals surface area contributed by atoms with Crippen LogP contribution in [0.3, 0.4) is 0 Å². The Labute approximate surface area is 169 Å². The number of nitrogens with one attached hydrogen (secondary N) is 1. The maximum absolute atomic E-state index is 12.7. The van der Waals surface area contributed by atoms with Gasteiger partial charge in [-0.25, -0.2) is 9.97 Å². The fraction of sp³-hybridized carbons (Fsp3) is 0. The number of para-hydroxylation sites is 1. The molecule has 0 fully saturated rings. The zero-order valence-corrected chi connectivity index (χ0v) is 16.0. The van der Waals surface area contributed by atoms with E-state index in [-0.39, 0.29) is 5.91 Å². The van der Waals surface area contributed by atoms with Crippen LogP contribution in [0.25, 0.3) is 26.9 Å². The van der Waals surface area contributed by atoms with E-state index in [1.54, 1.807) is 24.5 Å². The van der Waals surface area contributed by atoms with E-state index < -0.39 is 0 Å². The number of anilines is 1. The minimum absolute atomic E-state index is 0.221. The number of aromatic nitrogens is 3. The van der Waals surface area contributed by atoms with Crippen LogP contribution in [0.1, 0.15) is 10.4 Å². The molecule has 0 saturated heterocycles. The average Bonchev–Trinajstić information content (AvgIpc) is 3.31. The number of amides is 1. The van der Waals surface area contributed by atoms with Crippen molar-refractivity contribution in [3.63, 3.8) is 0 Å². The van der Waals surface area contributed by atoms with Gasteiger partial charge in [-0.3, -0.25) is 14.7 Å². The SMILES string of the molecule is O=C(Nc1nc2ccc(Cl)cc2s1)c1ccc2c(c1)ncn2-c1ccccc1. The summed E-state index contributed by atoms with van der Waals surface area (Å²) in [5.74, 6) is -0.221. The van der Waals surface area contributed by atoms with Crippen LogP contribution in [0.4, 0.5) is 5.13 Å². The Hall–Kier alpha value is -3.22. The van der Waals surface area contributed by atoms with Crippen LogP contribution < -0.4 is 5.32 Å². The molecule has 0 saturated carbocycles. The first kappa shape index (κ1) is 16.9. The molecule has 2 heterocycles. The molecule has 0 radical (unpaired) electrons. The van der Waals surface area contributed by atoms with Gasteiger partial charge in [0.25, 0.3) is 5.91 Å². The number of hydrogen-bond donors (Lipinski definition) is 1. The summed E-state index contributed by atoms with van der Waals surface area (Å²) in [7, 11) is 0. The molecule has 3 aromatic carbocycles. The number of imidazole rings is 1. The number of benzene rings is 3. The first-order chi connectivity index (χ1) is 13.7. The number of rotatable bonds is 3. The normalized spacial score (nSPS) is 11.2. The van der Waals surface area contributed by atoms with E-state index in [9.17, 15) is 4.79 Å². The van der Waals surface area contributed by atoms with Gasteiger partial charge in [0.15, 0.2) is 5.13 Å². The summed E-state index contributed by atoms with van der Waals surface area (Å²) >= 11 is 7.41. The summed E-state index contributed by atoms with van der Waals surface area (Å²) in [6.45, 7) is 0. The Bertz CT molecular complexity index is 1330. The Kier molecular flexibility index (Phi) is 4.07. The van der Waals surface area contributed by atoms with Gasteiger partial charge in [0.2, 0.25) is 0 Å². The van der Waals surface area contributed by atoms with E-state index in [2.05, 4.69) is 15.3 Å². The van der Waals surface area contributed by atoms with Gasteiger partial charge in [0.05, 0.1) is 21.3 Å². The molecule has 136 valence electrons. The molecule has 0 spiro atoms. The summed E-state index contributed by atoms with van der Waals surface area (Å²) in [5.41, 5.74) is 4.06. The monoisotopic (exact) mass is 404 g/mol. The molecular weight excluding hydrogens is 392 g/mol. The number of carbonyl (C=O) groups is 1. The predicted molar refractivity (Wildman–Crippen MR) is 114 cm³/mol. The number of thiazole rings is 1. The van der Waals surface area contributed by atoms with Crippen LogP contribution in [0.2, 0.25) is 5.02 Å². The van der Waals surface area contributed by atoms with Gasteiger partial charge in [-0.15, -0.1) is 0 Å². The minimum atomic E-state index is -0.221. The Morgan fingerprint density at radius 1 is 1.00 bits per heavy atom. The third-order valence-electron chi connectivity index (χ3n) is 4.41. The molecule has 5 nitrogen and oxygen atoms in total. The second-order valence-electron chi connectivity index (χ2n) is 6.24. The average molecular weight is 405 g/mol. The van der Waals surface area contributed by atoms with Crippen molar-refractivity contribution in [3.05, 3.63) is 83.6 Å². The molecule has 0 unspecified atom stereocenters. The van der Waals surface area contributed by atoms with Gasteiger partial charge in [-0.1, -0.05) is 41.1 Å². The van der Waals surface area contributed by atoms with Crippen LogP contribution in [0.15, 0.2) is 73.1 Å². The van der Waals surface area contributed by atoms with E-state index in [0.717, 1.165) is 26.9 Å². The lowest BCUT2D eigenvalue weighted by Gasteiger charge is -2.05. The topological polar surface area (TPSA) is 59.8 Å². The van der Waals surface area contributed by atoms with Crippen molar-refractivity contribution < 1.29 is 4.79 Å². The van der Waals surface area contributed by atoms with Crippen LogP contribution >= 0.6 is 22.9 Å². The summed E-state index contributed by atoms with van der Waals surface area (Å²) in [5, 5.41) is 4.05. The number of halogens is 1. The van der Waals surface area contributed by atoms with Crippen molar-refractivity contribution in [2.24, 2.45) is 0 Å². The first-order valence-electron chi connectivity index (χ1n) is 8.57. The van der Waals surface area contributed by atoms with Crippen LogP contribution in [-0.2, 0) is 0 Å². The van der Waals surface area contributed by atoms with Gasteiger partial charge in [-0.05, 0) is 48.5 Å². The quantitative estimate of drug-likeness (QED) is 0.429. The highest BCUT2D eigenvalue weighted by atomic mass is 35.5. The van der Waals surface area contributed by atoms with E-state index >= 15 is 0 Å². The molecule has 7 heteroatoms. The summed E-state index contributed by atoms with van der Waals surface area (Å²) < 4.78 is 2.92. The molecule has 5 rings (SSSR count). The maximum Gasteiger partial charge on any atom is 0.257 e. The summed E-state index contributed by atoms with van der Waals surface area (Å²) in [6, 6.07) is 20.9. The van der Waals surface area contributed by atoms with Crippen molar-refractivity contribution in [1.29, 1.82) is 0 Å². The molecule has 1 N–H and O–H groups in total. The largest absolute Gasteiger partial charge is 0.299 e. The van der Waals surface area contributed by atoms with Crippen molar-refractivity contribution in [1.82, 2.24) is 14.5 Å². The number of nitrogens with zero attached hydrogens (tertiary/aromatic N) is 3. The lowest BCUT2D eigenvalue weighted by atomic mass is 10.2. The zero-order valence-electron chi connectivity index (χ0n) is 14.5. The lowest BCUT2D eigenvalue weighted by molar-refractivity contribution is 0.102. The lowest BCUT2D eigenvalue weighted by Crippen LogP contribution is -2.11. The molecule has 28 heavy (non-hydrogen) atoms. The fourth-order valence-electron chi connectivity index (χ4n) is 3.07. The van der Waals surface area contributed by atoms with Crippen LogP contribution in [0, 0.1) is 0 Å². The molecule has 1 amide bonds.